The van der Waals surface area contributed by atoms with Crippen molar-refractivity contribution in [2.45, 2.75) is 51.2 Å². The summed E-state index contributed by atoms with van der Waals surface area (Å²) in [6.07, 6.45) is 5.14. The molecule has 3 nitrogen and oxygen atoms in total. The van der Waals surface area contributed by atoms with E-state index in [1.165, 1.54) is 12.8 Å². The van der Waals surface area contributed by atoms with Gasteiger partial charge >= 0.3 is 0 Å². The molecule has 2 aliphatic carbocycles. The molecule has 4 heteroatoms. The molecule has 3 aliphatic rings. The van der Waals surface area contributed by atoms with Gasteiger partial charge in [0.05, 0.1) is 11.9 Å². The number of fused-ring (bicyclic) bond motifs is 2. The molecule has 0 aromatic heterocycles. The van der Waals surface area contributed by atoms with Crippen molar-refractivity contribution >= 4 is 10.1 Å². The molecule has 18 heavy (non-hydrogen) atoms. The summed E-state index contributed by atoms with van der Waals surface area (Å²) in [6, 6.07) is 0. The van der Waals surface area contributed by atoms with Gasteiger partial charge in [-0.05, 0) is 61.7 Å². The van der Waals surface area contributed by atoms with Crippen molar-refractivity contribution in [1.82, 2.24) is 0 Å². The topological polar surface area (TPSA) is 43.4 Å². The Hall–Kier alpha value is -0.0900. The molecule has 1 heterocycles. The van der Waals surface area contributed by atoms with Crippen LogP contribution in [0.3, 0.4) is 0 Å². The van der Waals surface area contributed by atoms with Gasteiger partial charge in [0.1, 0.15) is 0 Å². The van der Waals surface area contributed by atoms with Crippen LogP contribution < -0.4 is 0 Å². The molecular weight excluding hydrogens is 248 g/mol. The Bertz CT molecular complexity index is 415. The summed E-state index contributed by atoms with van der Waals surface area (Å²) in [6.45, 7) is 5.11. The fraction of sp³-hybridized carbons (Fsp3) is 1.00. The lowest BCUT2D eigenvalue weighted by molar-refractivity contribution is 0.172. The average Bonchev–Trinajstić information content (AvgIpc) is 2.83. The Morgan fingerprint density at radius 2 is 1.94 bits per heavy atom. The minimum atomic E-state index is -3.26. The summed E-state index contributed by atoms with van der Waals surface area (Å²) in [5, 5.41) is -0.224. The summed E-state index contributed by atoms with van der Waals surface area (Å²) >= 11 is 0. The van der Waals surface area contributed by atoms with Gasteiger partial charge in [-0.1, -0.05) is 13.8 Å². The minimum Gasteiger partial charge on any atom is -0.270 e. The van der Waals surface area contributed by atoms with Crippen LogP contribution in [-0.2, 0) is 14.3 Å². The van der Waals surface area contributed by atoms with Gasteiger partial charge in [-0.2, -0.15) is 8.42 Å². The molecule has 0 N–H and O–H groups in total. The Morgan fingerprint density at radius 3 is 2.56 bits per heavy atom. The molecule has 104 valence electrons. The lowest BCUT2D eigenvalue weighted by Crippen LogP contribution is -2.34. The van der Waals surface area contributed by atoms with Gasteiger partial charge < -0.3 is 0 Å². The van der Waals surface area contributed by atoms with Gasteiger partial charge in [0, 0.05) is 0 Å². The summed E-state index contributed by atoms with van der Waals surface area (Å²) in [5.41, 5.74) is 0. The van der Waals surface area contributed by atoms with Crippen LogP contribution in [0.25, 0.3) is 0 Å². The molecule has 1 aliphatic heterocycles. The van der Waals surface area contributed by atoms with E-state index in [1.807, 2.05) is 0 Å². The predicted octanol–water partition coefficient (Wildman–Crippen LogP) is 2.81. The van der Waals surface area contributed by atoms with Crippen molar-refractivity contribution in [3.63, 3.8) is 0 Å². The van der Waals surface area contributed by atoms with E-state index in [-0.39, 0.29) is 5.25 Å². The quantitative estimate of drug-likeness (QED) is 0.726. The minimum absolute atomic E-state index is 0.224. The van der Waals surface area contributed by atoms with Crippen LogP contribution in [0.2, 0.25) is 0 Å². The van der Waals surface area contributed by atoms with Crippen LogP contribution in [0, 0.1) is 29.6 Å². The fourth-order valence-electron chi connectivity index (χ4n) is 4.67. The summed E-state index contributed by atoms with van der Waals surface area (Å²) in [4.78, 5) is 0. The monoisotopic (exact) mass is 272 g/mol. The van der Waals surface area contributed by atoms with Gasteiger partial charge in [-0.25, -0.2) is 0 Å². The Labute approximate surface area is 110 Å². The molecule has 2 bridgehead atoms. The van der Waals surface area contributed by atoms with Crippen molar-refractivity contribution < 1.29 is 12.6 Å². The van der Waals surface area contributed by atoms with E-state index in [4.69, 9.17) is 4.18 Å². The van der Waals surface area contributed by atoms with Crippen molar-refractivity contribution in [3.8, 4) is 0 Å². The number of rotatable bonds is 2. The van der Waals surface area contributed by atoms with Gasteiger partial charge in [-0.3, -0.25) is 4.18 Å². The van der Waals surface area contributed by atoms with E-state index in [1.54, 1.807) is 0 Å². The zero-order chi connectivity index (χ0) is 12.9. The molecule has 0 radical (unpaired) electrons. The van der Waals surface area contributed by atoms with Crippen LogP contribution in [0.5, 0.6) is 0 Å². The Balaban J connectivity index is 1.68. The van der Waals surface area contributed by atoms with Gasteiger partial charge in [0.15, 0.2) is 0 Å². The van der Waals surface area contributed by atoms with Crippen LogP contribution in [0.1, 0.15) is 46.0 Å². The van der Waals surface area contributed by atoms with Crippen LogP contribution in [-0.4, -0.2) is 20.3 Å². The van der Waals surface area contributed by atoms with Gasteiger partial charge in [0.25, 0.3) is 10.1 Å². The maximum absolute atomic E-state index is 11.9. The largest absolute Gasteiger partial charge is 0.270 e. The van der Waals surface area contributed by atoms with Crippen molar-refractivity contribution in [3.05, 3.63) is 0 Å². The van der Waals surface area contributed by atoms with Crippen LogP contribution in [0.15, 0.2) is 0 Å². The predicted molar refractivity (Wildman–Crippen MR) is 70.5 cm³/mol. The van der Waals surface area contributed by atoms with Crippen LogP contribution in [0.4, 0.5) is 0 Å². The third kappa shape index (κ3) is 2.01. The van der Waals surface area contributed by atoms with E-state index in [2.05, 4.69) is 13.8 Å². The highest BCUT2D eigenvalue weighted by Crippen LogP contribution is 2.56. The molecule has 0 aromatic rings. The first-order valence-corrected chi connectivity index (χ1v) is 8.84. The van der Waals surface area contributed by atoms with Crippen LogP contribution >= 0.6 is 0 Å². The molecule has 6 unspecified atom stereocenters. The molecule has 1 saturated heterocycles. The van der Waals surface area contributed by atoms with E-state index in [0.717, 1.165) is 42.9 Å². The summed E-state index contributed by atoms with van der Waals surface area (Å²) < 4.78 is 28.8. The molecule has 0 aromatic carbocycles. The highest BCUT2D eigenvalue weighted by atomic mass is 32.2. The molecule has 3 fully saturated rings. The van der Waals surface area contributed by atoms with Crippen molar-refractivity contribution in [2.24, 2.45) is 29.6 Å². The smallest absolute Gasteiger partial charge is 0.270 e. The third-order valence-corrected chi connectivity index (χ3v) is 7.67. The first-order chi connectivity index (χ1) is 8.49. The normalized spacial score (nSPS) is 50.6. The molecule has 0 spiro atoms. The maximum Gasteiger partial charge on any atom is 0.270 e. The van der Waals surface area contributed by atoms with E-state index >= 15 is 0 Å². The molecule has 3 rings (SSSR count). The lowest BCUT2D eigenvalue weighted by atomic mass is 9.74. The van der Waals surface area contributed by atoms with E-state index in [9.17, 15) is 8.42 Å². The van der Waals surface area contributed by atoms with Gasteiger partial charge in [0.2, 0.25) is 0 Å². The average molecular weight is 272 g/mol. The molecule has 2 saturated carbocycles. The summed E-state index contributed by atoms with van der Waals surface area (Å²) in [7, 11) is -3.26. The number of hydrogen-bond donors (Lipinski definition) is 0. The standard InChI is InChI=1S/C14H24O3S/c1-9-10(2)14-8-11(9)6-12(14)7-13-4-3-5-17-18(13,15)16/h9-14H,3-8H2,1-2H3. The highest BCUT2D eigenvalue weighted by Gasteiger charge is 2.49. The number of hydrogen-bond acceptors (Lipinski definition) is 3. The Morgan fingerprint density at radius 1 is 1.17 bits per heavy atom. The van der Waals surface area contributed by atoms with Crippen molar-refractivity contribution in [1.29, 1.82) is 0 Å². The molecule has 0 amide bonds. The Kier molecular flexibility index (Phi) is 3.22. The third-order valence-electron chi connectivity index (χ3n) is 5.93. The second kappa shape index (κ2) is 4.48. The fourth-order valence-corrected chi connectivity index (χ4v) is 6.15. The molecular formula is C14H24O3S. The zero-order valence-corrected chi connectivity index (χ0v) is 12.2. The van der Waals surface area contributed by atoms with E-state index in [0.29, 0.717) is 12.5 Å². The first-order valence-electron chi connectivity index (χ1n) is 7.37. The van der Waals surface area contributed by atoms with E-state index < -0.39 is 10.1 Å². The second-order valence-electron chi connectivity index (χ2n) is 6.69. The first kappa shape index (κ1) is 12.9. The second-order valence-corrected chi connectivity index (χ2v) is 8.58. The van der Waals surface area contributed by atoms with Gasteiger partial charge in [-0.15, -0.1) is 0 Å². The zero-order valence-electron chi connectivity index (χ0n) is 11.3. The molecule has 6 atom stereocenters. The SMILES string of the molecule is CC1C2CC(CC3CCCOS3(=O)=O)C(C2)C1C. The lowest BCUT2D eigenvalue weighted by Gasteiger charge is -2.34. The van der Waals surface area contributed by atoms with Crippen molar-refractivity contribution in [2.75, 3.05) is 6.61 Å². The summed E-state index contributed by atoms with van der Waals surface area (Å²) in [5.74, 6) is 3.86. The highest BCUT2D eigenvalue weighted by molar-refractivity contribution is 7.87. The maximum atomic E-state index is 11.9.